The first-order valence-electron chi connectivity index (χ1n) is 5.53. The van der Waals surface area contributed by atoms with Crippen molar-refractivity contribution >= 4 is 0 Å². The summed E-state index contributed by atoms with van der Waals surface area (Å²) in [5.74, 6) is 6.32. The summed E-state index contributed by atoms with van der Waals surface area (Å²) in [6.45, 7) is 4.32. The van der Waals surface area contributed by atoms with E-state index < -0.39 is 0 Å². The van der Waals surface area contributed by atoms with Crippen LogP contribution in [-0.4, -0.2) is 31.5 Å². The van der Waals surface area contributed by atoms with Crippen molar-refractivity contribution in [1.29, 1.82) is 0 Å². The molecule has 0 fully saturated rings. The first-order chi connectivity index (χ1) is 8.17. The fourth-order valence-corrected chi connectivity index (χ4v) is 1.28. The summed E-state index contributed by atoms with van der Waals surface area (Å²) in [6.07, 6.45) is 0.0733. The minimum atomic E-state index is -0.122. The molecule has 0 amide bonds. The molecule has 92 valence electrons. The summed E-state index contributed by atoms with van der Waals surface area (Å²) in [5.41, 5.74) is 1.94. The second-order valence-electron chi connectivity index (χ2n) is 3.79. The van der Waals surface area contributed by atoms with E-state index in [4.69, 9.17) is 14.6 Å². The Labute approximate surface area is 102 Å². The van der Waals surface area contributed by atoms with Crippen molar-refractivity contribution in [3.05, 3.63) is 29.3 Å². The summed E-state index contributed by atoms with van der Waals surface area (Å²) in [6, 6.07) is 5.70. The molecule has 1 aromatic carbocycles. The van der Waals surface area contributed by atoms with E-state index in [2.05, 4.69) is 11.8 Å². The van der Waals surface area contributed by atoms with E-state index in [1.165, 1.54) is 0 Å². The number of aryl methyl sites for hydroxylation is 1. The van der Waals surface area contributed by atoms with Crippen LogP contribution in [0.25, 0.3) is 0 Å². The lowest BCUT2D eigenvalue weighted by atomic mass is 10.1. The SMILES string of the molecule is COC(C)COc1ccc(C#CCO)c(C)c1. The van der Waals surface area contributed by atoms with Gasteiger partial charge >= 0.3 is 0 Å². The Balaban J connectivity index is 2.68. The summed E-state index contributed by atoms with van der Waals surface area (Å²) in [4.78, 5) is 0. The number of rotatable bonds is 4. The Bertz CT molecular complexity index is 415. The molecule has 3 heteroatoms. The Hall–Kier alpha value is -1.50. The van der Waals surface area contributed by atoms with Gasteiger partial charge in [0.25, 0.3) is 0 Å². The molecule has 17 heavy (non-hydrogen) atoms. The van der Waals surface area contributed by atoms with Crippen molar-refractivity contribution in [3.63, 3.8) is 0 Å². The molecule has 0 saturated heterocycles. The van der Waals surface area contributed by atoms with E-state index in [1.54, 1.807) is 7.11 Å². The molecule has 3 nitrogen and oxygen atoms in total. The predicted molar refractivity (Wildman–Crippen MR) is 67.1 cm³/mol. The Morgan fingerprint density at radius 2 is 2.18 bits per heavy atom. The number of hydrogen-bond acceptors (Lipinski definition) is 3. The monoisotopic (exact) mass is 234 g/mol. The van der Waals surface area contributed by atoms with Crippen molar-refractivity contribution in [1.82, 2.24) is 0 Å². The fourth-order valence-electron chi connectivity index (χ4n) is 1.28. The van der Waals surface area contributed by atoms with Gasteiger partial charge in [0, 0.05) is 12.7 Å². The van der Waals surface area contributed by atoms with Gasteiger partial charge in [0.05, 0.1) is 6.10 Å². The van der Waals surface area contributed by atoms with E-state index in [1.807, 2.05) is 32.0 Å². The van der Waals surface area contributed by atoms with Crippen LogP contribution in [0.2, 0.25) is 0 Å². The smallest absolute Gasteiger partial charge is 0.119 e. The topological polar surface area (TPSA) is 38.7 Å². The quantitative estimate of drug-likeness (QED) is 0.807. The highest BCUT2D eigenvalue weighted by atomic mass is 16.5. The molecule has 1 rings (SSSR count). The van der Waals surface area contributed by atoms with Gasteiger partial charge in [-0.2, -0.15) is 0 Å². The Morgan fingerprint density at radius 3 is 2.76 bits per heavy atom. The third-order valence-corrected chi connectivity index (χ3v) is 2.39. The van der Waals surface area contributed by atoms with Gasteiger partial charge in [-0.25, -0.2) is 0 Å². The van der Waals surface area contributed by atoms with Crippen molar-refractivity contribution in [3.8, 4) is 17.6 Å². The van der Waals surface area contributed by atoms with Crippen LogP contribution in [0.4, 0.5) is 0 Å². The lowest BCUT2D eigenvalue weighted by molar-refractivity contribution is 0.0716. The third-order valence-electron chi connectivity index (χ3n) is 2.39. The van der Waals surface area contributed by atoms with Gasteiger partial charge in [0.2, 0.25) is 0 Å². The van der Waals surface area contributed by atoms with Gasteiger partial charge in [-0.15, -0.1) is 0 Å². The second-order valence-corrected chi connectivity index (χ2v) is 3.79. The van der Waals surface area contributed by atoms with Gasteiger partial charge in [0.15, 0.2) is 0 Å². The van der Waals surface area contributed by atoms with Crippen LogP contribution >= 0.6 is 0 Å². The highest BCUT2D eigenvalue weighted by Gasteiger charge is 2.02. The number of aliphatic hydroxyl groups excluding tert-OH is 1. The van der Waals surface area contributed by atoms with Crippen LogP contribution in [0.5, 0.6) is 5.75 Å². The van der Waals surface area contributed by atoms with Crippen LogP contribution in [0.1, 0.15) is 18.1 Å². The number of benzene rings is 1. The van der Waals surface area contributed by atoms with Crippen LogP contribution in [0, 0.1) is 18.8 Å². The molecule has 1 unspecified atom stereocenters. The molecule has 0 heterocycles. The van der Waals surface area contributed by atoms with Gasteiger partial charge in [-0.1, -0.05) is 11.8 Å². The molecule has 0 aliphatic carbocycles. The minimum Gasteiger partial charge on any atom is -0.491 e. The Morgan fingerprint density at radius 1 is 1.41 bits per heavy atom. The zero-order valence-electron chi connectivity index (χ0n) is 10.5. The second kappa shape index (κ2) is 6.95. The molecule has 0 saturated carbocycles. The molecular formula is C14H18O3. The van der Waals surface area contributed by atoms with Crippen LogP contribution in [0.15, 0.2) is 18.2 Å². The number of hydrogen-bond donors (Lipinski definition) is 1. The van der Waals surface area contributed by atoms with Crippen molar-refractivity contribution in [2.24, 2.45) is 0 Å². The maximum absolute atomic E-state index is 8.63. The van der Waals surface area contributed by atoms with E-state index in [0.29, 0.717) is 6.61 Å². The fraction of sp³-hybridized carbons (Fsp3) is 0.429. The minimum absolute atomic E-state index is 0.0733. The molecular weight excluding hydrogens is 216 g/mol. The largest absolute Gasteiger partial charge is 0.491 e. The molecule has 0 aliphatic rings. The predicted octanol–water partition coefficient (Wildman–Crippen LogP) is 1.75. The summed E-state index contributed by atoms with van der Waals surface area (Å²) >= 11 is 0. The van der Waals surface area contributed by atoms with Gasteiger partial charge in [0.1, 0.15) is 19.0 Å². The highest BCUT2D eigenvalue weighted by Crippen LogP contribution is 2.16. The van der Waals surface area contributed by atoms with Gasteiger partial charge < -0.3 is 14.6 Å². The average Bonchev–Trinajstić information content (AvgIpc) is 2.34. The highest BCUT2D eigenvalue weighted by molar-refractivity contribution is 5.44. The summed E-state index contributed by atoms with van der Waals surface area (Å²) in [5, 5.41) is 8.63. The van der Waals surface area contributed by atoms with Crippen molar-refractivity contribution in [2.75, 3.05) is 20.3 Å². The van der Waals surface area contributed by atoms with Crippen LogP contribution < -0.4 is 4.74 Å². The summed E-state index contributed by atoms with van der Waals surface area (Å²) in [7, 11) is 1.66. The first-order valence-corrected chi connectivity index (χ1v) is 5.53. The maximum atomic E-state index is 8.63. The lowest BCUT2D eigenvalue weighted by Gasteiger charge is -2.12. The number of aliphatic hydroxyl groups is 1. The first kappa shape index (κ1) is 13.6. The van der Waals surface area contributed by atoms with E-state index in [9.17, 15) is 0 Å². The van der Waals surface area contributed by atoms with E-state index >= 15 is 0 Å². The standard InChI is InChI=1S/C14H18O3/c1-11-9-14(17-10-12(2)16-3)7-6-13(11)5-4-8-15/h6-7,9,12,15H,8,10H2,1-3H3. The molecule has 1 N–H and O–H groups in total. The third kappa shape index (κ3) is 4.48. The molecule has 1 atom stereocenters. The van der Waals surface area contributed by atoms with Crippen molar-refractivity contribution < 1.29 is 14.6 Å². The normalized spacial score (nSPS) is 11.5. The van der Waals surface area contributed by atoms with Crippen LogP contribution in [0.3, 0.4) is 0 Å². The zero-order chi connectivity index (χ0) is 12.7. The molecule has 0 aliphatic heterocycles. The van der Waals surface area contributed by atoms with Crippen molar-refractivity contribution in [2.45, 2.75) is 20.0 Å². The molecule has 0 spiro atoms. The molecule has 1 aromatic rings. The average molecular weight is 234 g/mol. The van der Waals surface area contributed by atoms with Gasteiger partial charge in [-0.3, -0.25) is 0 Å². The summed E-state index contributed by atoms with van der Waals surface area (Å²) < 4.78 is 10.7. The zero-order valence-corrected chi connectivity index (χ0v) is 10.5. The molecule has 0 bridgehead atoms. The number of methoxy groups -OCH3 is 1. The molecule has 0 aromatic heterocycles. The Kier molecular flexibility index (Phi) is 5.55. The molecule has 0 radical (unpaired) electrons. The maximum Gasteiger partial charge on any atom is 0.119 e. The lowest BCUT2D eigenvalue weighted by Crippen LogP contribution is -2.15. The van der Waals surface area contributed by atoms with E-state index in [0.717, 1.165) is 16.9 Å². The number of ether oxygens (including phenoxy) is 2. The van der Waals surface area contributed by atoms with E-state index in [-0.39, 0.29) is 12.7 Å². The van der Waals surface area contributed by atoms with Gasteiger partial charge in [-0.05, 0) is 37.6 Å². The van der Waals surface area contributed by atoms with Crippen LogP contribution in [-0.2, 0) is 4.74 Å².